The minimum atomic E-state index is -0.290. The Morgan fingerprint density at radius 2 is 2.44 bits per heavy atom. The van der Waals surface area contributed by atoms with E-state index in [9.17, 15) is 4.79 Å². The molecule has 0 aromatic carbocycles. The van der Waals surface area contributed by atoms with Gasteiger partial charge < -0.3 is 4.74 Å². The highest BCUT2D eigenvalue weighted by molar-refractivity contribution is 9.09. The van der Waals surface area contributed by atoms with E-state index in [0.717, 1.165) is 0 Å². The van der Waals surface area contributed by atoms with Gasteiger partial charge in [0.15, 0.2) is 0 Å². The zero-order chi connectivity index (χ0) is 6.69. The van der Waals surface area contributed by atoms with Gasteiger partial charge in [0.05, 0.1) is 0 Å². The third-order valence-corrected chi connectivity index (χ3v) is 1.20. The van der Waals surface area contributed by atoms with Gasteiger partial charge >= 0.3 is 5.97 Å². The fraction of sp³-hybridized carbons (Fsp3) is 0.167. The molecule has 1 aliphatic rings. The molecule has 48 valence electrons. The normalized spacial score (nSPS) is 21.0. The molecule has 0 N–H and O–H groups in total. The van der Waals surface area contributed by atoms with Crippen molar-refractivity contribution in [3.8, 4) is 0 Å². The van der Waals surface area contributed by atoms with Crippen molar-refractivity contribution in [2.75, 3.05) is 5.33 Å². The number of halogens is 1. The molecule has 0 amide bonds. The first-order chi connectivity index (χ1) is 4.33. The largest absolute Gasteiger partial charge is 0.424 e. The van der Waals surface area contributed by atoms with Gasteiger partial charge in [-0.05, 0) is 12.2 Å². The molecule has 0 atom stereocenters. The summed E-state index contributed by atoms with van der Waals surface area (Å²) in [5, 5.41) is 0.708. The fourth-order valence-electron chi connectivity index (χ4n) is 0.520. The predicted molar refractivity (Wildman–Crippen MR) is 37.1 cm³/mol. The number of hydrogen-bond acceptors (Lipinski definition) is 2. The van der Waals surface area contributed by atoms with Crippen LogP contribution in [0.5, 0.6) is 0 Å². The maximum Gasteiger partial charge on any atom is 0.336 e. The highest BCUT2D eigenvalue weighted by Gasteiger charge is 2.07. The third kappa shape index (κ3) is 1.68. The maximum absolute atomic E-state index is 10.4. The number of rotatable bonds is 1. The summed E-state index contributed by atoms with van der Waals surface area (Å²) in [6.45, 7) is 0. The number of alkyl halides is 1. The molecule has 1 rings (SSSR count). The molecule has 0 aromatic heterocycles. The summed E-state index contributed by atoms with van der Waals surface area (Å²) in [7, 11) is 0. The van der Waals surface area contributed by atoms with Crippen molar-refractivity contribution in [1.29, 1.82) is 0 Å². The smallest absolute Gasteiger partial charge is 0.336 e. The minimum absolute atomic E-state index is 0.290. The first kappa shape index (κ1) is 6.55. The molecular formula is C6H5BrO2. The number of cyclic esters (lactones) is 1. The summed E-state index contributed by atoms with van der Waals surface area (Å²) < 4.78 is 4.68. The van der Waals surface area contributed by atoms with Gasteiger partial charge in [0.1, 0.15) is 5.76 Å². The van der Waals surface area contributed by atoms with Crippen molar-refractivity contribution in [1.82, 2.24) is 0 Å². The van der Waals surface area contributed by atoms with E-state index in [1.165, 1.54) is 6.08 Å². The van der Waals surface area contributed by atoms with Crippen LogP contribution >= 0.6 is 15.9 Å². The molecule has 0 radical (unpaired) electrons. The quantitative estimate of drug-likeness (QED) is 0.460. The Labute approximate surface area is 61.3 Å². The van der Waals surface area contributed by atoms with Gasteiger partial charge in [0.25, 0.3) is 0 Å². The van der Waals surface area contributed by atoms with Gasteiger partial charge in [-0.25, -0.2) is 4.79 Å². The number of allylic oxidation sites excluding steroid dienone is 2. The van der Waals surface area contributed by atoms with Crippen LogP contribution < -0.4 is 0 Å². The first-order valence-corrected chi connectivity index (χ1v) is 3.61. The second-order valence-corrected chi connectivity index (χ2v) is 2.16. The summed E-state index contributed by atoms with van der Waals surface area (Å²) in [4.78, 5) is 10.4. The van der Waals surface area contributed by atoms with Crippen LogP contribution in [0.15, 0.2) is 24.0 Å². The summed E-state index contributed by atoms with van der Waals surface area (Å²) in [5.41, 5.74) is 0. The van der Waals surface area contributed by atoms with Crippen LogP contribution in [-0.4, -0.2) is 11.3 Å². The summed E-state index contributed by atoms with van der Waals surface area (Å²) in [6.07, 6.45) is 4.82. The van der Waals surface area contributed by atoms with E-state index in [-0.39, 0.29) is 5.97 Å². The highest BCUT2D eigenvalue weighted by atomic mass is 79.9. The summed E-state index contributed by atoms with van der Waals surface area (Å²) >= 11 is 3.18. The van der Waals surface area contributed by atoms with E-state index < -0.39 is 0 Å². The van der Waals surface area contributed by atoms with E-state index in [1.807, 2.05) is 0 Å². The molecule has 1 heterocycles. The standard InChI is InChI=1S/C6H5BrO2/c7-4-3-5-1-2-6(8)9-5/h1-3H,4H2/b5-3+. The molecular weight excluding hydrogens is 184 g/mol. The maximum atomic E-state index is 10.4. The van der Waals surface area contributed by atoms with Crippen LogP contribution in [0.3, 0.4) is 0 Å². The molecule has 0 unspecified atom stereocenters. The van der Waals surface area contributed by atoms with Crippen molar-refractivity contribution >= 4 is 21.9 Å². The van der Waals surface area contributed by atoms with Crippen molar-refractivity contribution < 1.29 is 9.53 Å². The number of esters is 1. The van der Waals surface area contributed by atoms with E-state index in [1.54, 1.807) is 12.2 Å². The zero-order valence-electron chi connectivity index (χ0n) is 4.63. The van der Waals surface area contributed by atoms with Gasteiger partial charge in [-0.3, -0.25) is 0 Å². The first-order valence-electron chi connectivity index (χ1n) is 2.49. The lowest BCUT2D eigenvalue weighted by molar-refractivity contribution is -0.132. The van der Waals surface area contributed by atoms with Crippen molar-refractivity contribution in [3.05, 3.63) is 24.0 Å². The lowest BCUT2D eigenvalue weighted by Crippen LogP contribution is -1.89. The molecule has 0 saturated carbocycles. The molecule has 3 heteroatoms. The van der Waals surface area contributed by atoms with E-state index in [0.29, 0.717) is 11.1 Å². The molecule has 1 aliphatic heterocycles. The molecule has 0 fully saturated rings. The van der Waals surface area contributed by atoms with Crippen LogP contribution in [0.25, 0.3) is 0 Å². The number of ether oxygens (including phenoxy) is 1. The van der Waals surface area contributed by atoms with Crippen molar-refractivity contribution in [2.45, 2.75) is 0 Å². The second kappa shape index (κ2) is 2.82. The Kier molecular flexibility index (Phi) is 2.05. The number of hydrogen-bond donors (Lipinski definition) is 0. The molecule has 0 aliphatic carbocycles. The molecule has 9 heavy (non-hydrogen) atoms. The molecule has 0 bridgehead atoms. The average Bonchev–Trinajstić information content (AvgIpc) is 2.17. The Balaban J connectivity index is 2.60. The third-order valence-electron chi connectivity index (χ3n) is 0.880. The Morgan fingerprint density at radius 1 is 1.67 bits per heavy atom. The second-order valence-electron chi connectivity index (χ2n) is 1.52. The topological polar surface area (TPSA) is 26.3 Å². The van der Waals surface area contributed by atoms with Crippen molar-refractivity contribution in [3.63, 3.8) is 0 Å². The van der Waals surface area contributed by atoms with Gasteiger partial charge in [0.2, 0.25) is 0 Å². The SMILES string of the molecule is O=C1C=C/C(=C\CBr)O1. The summed E-state index contributed by atoms with van der Waals surface area (Å²) in [6, 6.07) is 0. The van der Waals surface area contributed by atoms with E-state index in [4.69, 9.17) is 0 Å². The Morgan fingerprint density at radius 3 is 2.89 bits per heavy atom. The van der Waals surface area contributed by atoms with Crippen molar-refractivity contribution in [2.24, 2.45) is 0 Å². The monoisotopic (exact) mass is 188 g/mol. The van der Waals surface area contributed by atoms with Gasteiger partial charge in [0, 0.05) is 11.4 Å². The molecule has 0 spiro atoms. The zero-order valence-corrected chi connectivity index (χ0v) is 6.22. The van der Waals surface area contributed by atoms with Gasteiger partial charge in [-0.1, -0.05) is 15.9 Å². The predicted octanol–water partition coefficient (Wildman–Crippen LogP) is 1.38. The lowest BCUT2D eigenvalue weighted by Gasteiger charge is -1.90. The highest BCUT2D eigenvalue weighted by Crippen LogP contribution is 2.08. The molecule has 0 aromatic rings. The van der Waals surface area contributed by atoms with Crippen LogP contribution in [0.4, 0.5) is 0 Å². The summed E-state index contributed by atoms with van der Waals surface area (Å²) in [5.74, 6) is 0.332. The Hall–Kier alpha value is -0.570. The van der Waals surface area contributed by atoms with Gasteiger partial charge in [-0.15, -0.1) is 0 Å². The minimum Gasteiger partial charge on any atom is -0.424 e. The Bertz CT molecular complexity index is 181. The van der Waals surface area contributed by atoms with E-state index >= 15 is 0 Å². The molecule has 0 saturated heterocycles. The van der Waals surface area contributed by atoms with Crippen LogP contribution in [0, 0.1) is 0 Å². The van der Waals surface area contributed by atoms with E-state index in [2.05, 4.69) is 20.7 Å². The van der Waals surface area contributed by atoms with Crippen LogP contribution in [0.2, 0.25) is 0 Å². The molecule has 2 nitrogen and oxygen atoms in total. The fourth-order valence-corrected chi connectivity index (χ4v) is 0.839. The number of carbonyl (C=O) groups is 1. The number of carbonyl (C=O) groups excluding carboxylic acids is 1. The average molecular weight is 189 g/mol. The van der Waals surface area contributed by atoms with Crippen LogP contribution in [0.1, 0.15) is 0 Å². The van der Waals surface area contributed by atoms with Gasteiger partial charge in [-0.2, -0.15) is 0 Å². The van der Waals surface area contributed by atoms with Crippen LogP contribution in [-0.2, 0) is 9.53 Å². The lowest BCUT2D eigenvalue weighted by atomic mass is 10.4.